The summed E-state index contributed by atoms with van der Waals surface area (Å²) in [6.07, 6.45) is 2.26. The molecule has 35 heavy (non-hydrogen) atoms. The van der Waals surface area contributed by atoms with Crippen LogP contribution in [0.1, 0.15) is 5.56 Å². The van der Waals surface area contributed by atoms with Crippen molar-refractivity contribution in [1.29, 1.82) is 0 Å². The molecule has 0 spiro atoms. The first kappa shape index (κ1) is 26.0. The smallest absolute Gasteiger partial charge is 0.269 e. The van der Waals surface area contributed by atoms with Gasteiger partial charge in [0.2, 0.25) is 0 Å². The summed E-state index contributed by atoms with van der Waals surface area (Å²) < 4.78 is 31.2. The number of nitro groups is 1. The van der Waals surface area contributed by atoms with Gasteiger partial charge in [-0.15, -0.1) is 0 Å². The zero-order valence-corrected chi connectivity index (χ0v) is 20.7. The number of nitro benzene ring substituents is 1. The van der Waals surface area contributed by atoms with Crippen molar-refractivity contribution in [2.45, 2.75) is 4.90 Å². The van der Waals surface area contributed by atoms with E-state index in [2.05, 4.69) is 110 Å². The summed E-state index contributed by atoms with van der Waals surface area (Å²) in [4.78, 5) is 8.99. The predicted octanol–water partition coefficient (Wildman–Crippen LogP) is 5.45. The Morgan fingerprint density at radius 1 is 0.714 bits per heavy atom. The van der Waals surface area contributed by atoms with E-state index in [4.69, 9.17) is 0 Å². The third-order valence-electron chi connectivity index (χ3n) is 5.29. The lowest BCUT2D eigenvalue weighted by Gasteiger charge is -2.19. The van der Waals surface area contributed by atoms with E-state index in [0.29, 0.717) is 0 Å². The molecule has 0 unspecified atom stereocenters. The van der Waals surface area contributed by atoms with Crippen molar-refractivity contribution in [2.75, 3.05) is 6.66 Å². The quantitative estimate of drug-likeness (QED) is 0.150. The molecule has 0 heterocycles. The molecule has 0 aromatic heterocycles. The highest BCUT2D eigenvalue weighted by atomic mass is 32.2. The summed E-state index contributed by atoms with van der Waals surface area (Å²) >= 11 is 0. The van der Waals surface area contributed by atoms with Crippen molar-refractivity contribution in [1.82, 2.24) is 0 Å². The maximum absolute atomic E-state index is 10.4. The van der Waals surface area contributed by atoms with Crippen molar-refractivity contribution >= 4 is 39.8 Å². The number of rotatable bonds is 6. The number of non-ortho nitro benzene ring substituents is 1. The van der Waals surface area contributed by atoms with Crippen LogP contribution in [0.4, 0.5) is 5.69 Å². The minimum Gasteiger partial charge on any atom is -0.744 e. The van der Waals surface area contributed by atoms with Crippen LogP contribution < -0.4 is 10.6 Å². The first-order chi connectivity index (χ1) is 16.7. The lowest BCUT2D eigenvalue weighted by molar-refractivity contribution is -0.384. The Balaban J connectivity index is 0.000000225. The Morgan fingerprint density at radius 3 is 1.54 bits per heavy atom. The van der Waals surface area contributed by atoms with Gasteiger partial charge in [0, 0.05) is 12.1 Å². The largest absolute Gasteiger partial charge is 0.744 e. The summed E-state index contributed by atoms with van der Waals surface area (Å²) in [5, 5.41) is 13.0. The highest BCUT2D eigenvalue weighted by molar-refractivity contribution is 7.91. The minimum atomic E-state index is -4.52. The summed E-state index contributed by atoms with van der Waals surface area (Å²) in [7, 11) is -6.04. The van der Waals surface area contributed by atoms with Crippen LogP contribution in [0.2, 0.25) is 0 Å². The summed E-state index contributed by atoms with van der Waals surface area (Å²) in [6, 6.07) is 35.9. The second kappa shape index (κ2) is 11.7. The van der Waals surface area contributed by atoms with Gasteiger partial charge in [-0.1, -0.05) is 66.7 Å². The Hall–Kier alpha value is -3.64. The van der Waals surface area contributed by atoms with Crippen molar-refractivity contribution in [3.63, 3.8) is 0 Å². The Morgan fingerprint density at radius 2 is 1.14 bits per heavy atom. The van der Waals surface area contributed by atoms with Crippen LogP contribution in [0.15, 0.2) is 126 Å². The van der Waals surface area contributed by atoms with E-state index < -0.39 is 27.2 Å². The standard InChI is InChI=1S/C21H20P.C6H5NO5S/c1-22(20-13-7-3-8-14-20,21-15-9-4-10-16-21)18-17-19-11-5-2-6-12-19;8-7(9)5-1-3-6(4-2-5)13(10,11)12/h2-18H,1H3;1-4H,(H,10,11,12)/q+1;/p-1. The van der Waals surface area contributed by atoms with Gasteiger partial charge in [-0.05, 0) is 48.0 Å². The summed E-state index contributed by atoms with van der Waals surface area (Å²) in [6.45, 7) is 2.39. The average molecular weight is 506 g/mol. The second-order valence-electron chi connectivity index (χ2n) is 7.68. The molecular weight excluding hydrogens is 481 g/mol. The van der Waals surface area contributed by atoms with Gasteiger partial charge < -0.3 is 4.55 Å². The molecule has 0 saturated carbocycles. The van der Waals surface area contributed by atoms with Gasteiger partial charge in [0.15, 0.2) is 0 Å². The summed E-state index contributed by atoms with van der Waals surface area (Å²) in [5.74, 6) is 2.41. The van der Waals surface area contributed by atoms with Crippen molar-refractivity contribution in [3.8, 4) is 0 Å². The van der Waals surface area contributed by atoms with Gasteiger partial charge in [0.05, 0.1) is 22.3 Å². The fourth-order valence-corrected chi connectivity index (χ4v) is 6.50. The molecule has 0 aliphatic heterocycles. The molecule has 0 radical (unpaired) electrons. The minimum absolute atomic E-state index is 0.257. The second-order valence-corrected chi connectivity index (χ2v) is 12.5. The van der Waals surface area contributed by atoms with Crippen LogP contribution in [0.5, 0.6) is 0 Å². The zero-order valence-electron chi connectivity index (χ0n) is 19.0. The van der Waals surface area contributed by atoms with E-state index in [1.165, 1.54) is 16.2 Å². The molecule has 4 rings (SSSR count). The Labute approximate surface area is 205 Å². The normalized spacial score (nSPS) is 11.5. The van der Waals surface area contributed by atoms with Crippen LogP contribution in [0.3, 0.4) is 0 Å². The topological polar surface area (TPSA) is 100 Å². The van der Waals surface area contributed by atoms with Crippen molar-refractivity contribution in [3.05, 3.63) is 137 Å². The van der Waals surface area contributed by atoms with E-state index >= 15 is 0 Å². The Bertz CT molecular complexity index is 1340. The van der Waals surface area contributed by atoms with Crippen molar-refractivity contribution < 1.29 is 17.9 Å². The fraction of sp³-hybridized carbons (Fsp3) is 0.0370. The first-order valence-electron chi connectivity index (χ1n) is 10.6. The van der Waals surface area contributed by atoms with E-state index in [0.717, 1.165) is 24.3 Å². The van der Waals surface area contributed by atoms with Crippen LogP contribution in [0, 0.1) is 10.1 Å². The first-order valence-corrected chi connectivity index (χ1v) is 14.3. The average Bonchev–Trinajstić information content (AvgIpc) is 2.89. The fourth-order valence-electron chi connectivity index (χ4n) is 3.33. The number of nitrogens with zero attached hydrogens (tertiary/aromatic N) is 1. The van der Waals surface area contributed by atoms with Gasteiger partial charge in [0.1, 0.15) is 28.0 Å². The van der Waals surface area contributed by atoms with E-state index in [-0.39, 0.29) is 5.69 Å². The number of benzene rings is 4. The van der Waals surface area contributed by atoms with E-state index in [1.807, 2.05) is 0 Å². The molecule has 0 fully saturated rings. The van der Waals surface area contributed by atoms with E-state index in [9.17, 15) is 23.1 Å². The highest BCUT2D eigenvalue weighted by Gasteiger charge is 2.34. The molecule has 178 valence electrons. The van der Waals surface area contributed by atoms with Gasteiger partial charge >= 0.3 is 0 Å². The van der Waals surface area contributed by atoms with Gasteiger partial charge in [0.25, 0.3) is 5.69 Å². The number of hydrogen-bond acceptors (Lipinski definition) is 5. The van der Waals surface area contributed by atoms with Crippen LogP contribution in [-0.2, 0) is 10.1 Å². The van der Waals surface area contributed by atoms with Crippen molar-refractivity contribution in [2.24, 2.45) is 0 Å². The molecule has 0 saturated heterocycles. The molecule has 0 aliphatic carbocycles. The molecule has 6 nitrogen and oxygen atoms in total. The molecule has 0 aliphatic rings. The lowest BCUT2D eigenvalue weighted by atomic mass is 10.2. The lowest BCUT2D eigenvalue weighted by Crippen LogP contribution is -2.19. The van der Waals surface area contributed by atoms with Gasteiger partial charge in [-0.3, -0.25) is 10.1 Å². The number of hydrogen-bond donors (Lipinski definition) is 0. The maximum Gasteiger partial charge on any atom is 0.269 e. The molecular formula is C27H24NO5PS. The van der Waals surface area contributed by atoms with Gasteiger partial charge in [-0.25, -0.2) is 8.42 Å². The predicted molar refractivity (Wildman–Crippen MR) is 142 cm³/mol. The molecule has 4 aromatic carbocycles. The highest BCUT2D eigenvalue weighted by Crippen LogP contribution is 2.54. The molecule has 8 heteroatoms. The molecule has 4 aromatic rings. The third kappa shape index (κ3) is 7.17. The molecule has 0 amide bonds. The molecule has 0 N–H and O–H groups in total. The SMILES string of the molecule is C[P+](C=Cc1ccccc1)(c1ccccc1)c1ccccc1.O=[N+]([O-])c1ccc(S(=O)(=O)[O-])cc1. The third-order valence-corrected chi connectivity index (χ3v) is 9.62. The van der Waals surface area contributed by atoms with Gasteiger partial charge in [-0.2, -0.15) is 0 Å². The molecule has 0 atom stereocenters. The van der Waals surface area contributed by atoms with Crippen LogP contribution in [0.25, 0.3) is 6.08 Å². The summed E-state index contributed by atoms with van der Waals surface area (Å²) in [5.41, 5.74) is 0.994. The van der Waals surface area contributed by atoms with Crippen LogP contribution >= 0.6 is 7.26 Å². The Kier molecular flexibility index (Phi) is 8.66. The van der Waals surface area contributed by atoms with E-state index in [1.54, 1.807) is 0 Å². The zero-order chi connectivity index (χ0) is 25.3. The molecule has 0 bridgehead atoms. The van der Waals surface area contributed by atoms with Crippen LogP contribution in [-0.4, -0.2) is 24.6 Å². The maximum atomic E-state index is 10.4. The monoisotopic (exact) mass is 505 g/mol.